The van der Waals surface area contributed by atoms with Gasteiger partial charge in [-0.2, -0.15) is 0 Å². The Morgan fingerprint density at radius 3 is 2.15 bits per heavy atom. The van der Waals surface area contributed by atoms with Crippen LogP contribution in [0.15, 0.2) is 39.5 Å². The van der Waals surface area contributed by atoms with Gasteiger partial charge in [0.05, 0.1) is 12.2 Å². The fourth-order valence-corrected chi connectivity index (χ4v) is 3.46. The van der Waals surface area contributed by atoms with Crippen LogP contribution in [0, 0.1) is 0 Å². The molecule has 1 aromatic rings. The van der Waals surface area contributed by atoms with E-state index in [9.17, 15) is 45.6 Å². The summed E-state index contributed by atoms with van der Waals surface area (Å²) in [5.41, 5.74) is -0.216. The fourth-order valence-electron chi connectivity index (χ4n) is 3.46. The standard InChI is InChI=1S/C21H20O12/c22-9-4-11(23)10-1-8(6-31-21-18(29)16(27)17(28)20(30)33-21)19(32-14(10)5-9)7-2-12(24)15(26)13(25)3-7/h1-5,16-18,20-21,23-30H,6H2. The van der Waals surface area contributed by atoms with Crippen molar-refractivity contribution in [2.24, 2.45) is 0 Å². The summed E-state index contributed by atoms with van der Waals surface area (Å²) in [6.45, 7) is -0.424. The Morgan fingerprint density at radius 2 is 1.48 bits per heavy atom. The summed E-state index contributed by atoms with van der Waals surface area (Å²) < 4.78 is 16.1. The maximum Gasteiger partial charge on any atom is 0.200 e. The van der Waals surface area contributed by atoms with Gasteiger partial charge in [0.15, 0.2) is 35.3 Å². The van der Waals surface area contributed by atoms with Gasteiger partial charge in [-0.05, 0) is 18.2 Å². The Labute approximate surface area is 184 Å². The minimum Gasteiger partial charge on any atom is -0.507 e. The van der Waals surface area contributed by atoms with E-state index < -0.39 is 65.9 Å². The Hall–Kier alpha value is -3.39. The van der Waals surface area contributed by atoms with E-state index in [1.165, 1.54) is 6.07 Å². The summed E-state index contributed by atoms with van der Waals surface area (Å²) in [6.07, 6.45) is -8.64. The van der Waals surface area contributed by atoms with Crippen molar-refractivity contribution in [2.45, 2.75) is 37.5 Å². The zero-order valence-electron chi connectivity index (χ0n) is 16.7. The number of ether oxygens (including phenoxy) is 2. The monoisotopic (exact) mass is 464 g/mol. The number of phenols is 4. The summed E-state index contributed by atoms with van der Waals surface area (Å²) in [5, 5.41) is 78.7. The molecule has 8 N–H and O–H groups in total. The molecule has 176 valence electrons. The number of aliphatic hydroxyl groups excluding tert-OH is 4. The third kappa shape index (κ3) is 4.18. The molecule has 0 amide bonds. The van der Waals surface area contributed by atoms with Crippen LogP contribution >= 0.6 is 0 Å². The molecule has 0 radical (unpaired) electrons. The first-order valence-corrected chi connectivity index (χ1v) is 9.61. The van der Waals surface area contributed by atoms with Gasteiger partial charge < -0.3 is 54.7 Å². The molecule has 5 atom stereocenters. The molecule has 12 heteroatoms. The van der Waals surface area contributed by atoms with Crippen molar-refractivity contribution in [1.82, 2.24) is 0 Å². The lowest BCUT2D eigenvalue weighted by molar-refractivity contribution is -0.342. The molecule has 0 saturated carbocycles. The van der Waals surface area contributed by atoms with Gasteiger partial charge in [0.1, 0.15) is 35.6 Å². The maximum absolute atomic E-state index is 11.8. The van der Waals surface area contributed by atoms with Gasteiger partial charge in [-0.3, -0.25) is 4.79 Å². The Morgan fingerprint density at radius 1 is 0.818 bits per heavy atom. The highest BCUT2D eigenvalue weighted by Crippen LogP contribution is 2.42. The second-order valence-electron chi connectivity index (χ2n) is 7.50. The third-order valence-corrected chi connectivity index (χ3v) is 5.20. The number of hydrogen-bond acceptors (Lipinski definition) is 12. The number of hydrogen-bond donors (Lipinski definition) is 8. The van der Waals surface area contributed by atoms with E-state index in [-0.39, 0.29) is 28.2 Å². The normalized spacial score (nSPS) is 25.4. The van der Waals surface area contributed by atoms with E-state index in [1.807, 2.05) is 0 Å². The van der Waals surface area contributed by atoms with Crippen molar-refractivity contribution in [3.8, 4) is 45.6 Å². The molecule has 3 aliphatic rings. The first-order valence-electron chi connectivity index (χ1n) is 9.61. The second kappa shape index (κ2) is 8.51. The van der Waals surface area contributed by atoms with E-state index in [1.54, 1.807) is 0 Å². The fraction of sp³-hybridized carbons (Fsp3) is 0.286. The zero-order chi connectivity index (χ0) is 24.0. The molecule has 12 nitrogen and oxygen atoms in total. The molecule has 2 heterocycles. The molecular formula is C21H20O12. The molecule has 1 saturated heterocycles. The summed E-state index contributed by atoms with van der Waals surface area (Å²) >= 11 is 0. The van der Waals surface area contributed by atoms with E-state index in [0.717, 1.165) is 24.3 Å². The highest BCUT2D eigenvalue weighted by Gasteiger charge is 2.43. The molecule has 1 aliphatic carbocycles. The van der Waals surface area contributed by atoms with Gasteiger partial charge in [-0.15, -0.1) is 0 Å². The second-order valence-corrected chi connectivity index (χ2v) is 7.50. The molecular weight excluding hydrogens is 444 g/mol. The van der Waals surface area contributed by atoms with E-state index >= 15 is 0 Å². The highest BCUT2D eigenvalue weighted by atomic mass is 16.7. The molecule has 2 aliphatic heterocycles. The van der Waals surface area contributed by atoms with Gasteiger partial charge in [0, 0.05) is 23.3 Å². The summed E-state index contributed by atoms with van der Waals surface area (Å²) in [7, 11) is 0. The smallest absolute Gasteiger partial charge is 0.200 e. The van der Waals surface area contributed by atoms with Gasteiger partial charge in [-0.1, -0.05) is 0 Å². The zero-order valence-corrected chi connectivity index (χ0v) is 16.7. The van der Waals surface area contributed by atoms with Crippen molar-refractivity contribution >= 4 is 0 Å². The summed E-state index contributed by atoms with van der Waals surface area (Å²) in [4.78, 5) is 11.8. The first-order chi connectivity index (χ1) is 15.6. The van der Waals surface area contributed by atoms with E-state index in [2.05, 4.69) is 0 Å². The van der Waals surface area contributed by atoms with Crippen molar-refractivity contribution in [2.75, 3.05) is 0 Å². The summed E-state index contributed by atoms with van der Waals surface area (Å²) in [5.74, 6) is -2.58. The van der Waals surface area contributed by atoms with Crippen LogP contribution in [0.3, 0.4) is 0 Å². The van der Waals surface area contributed by atoms with Gasteiger partial charge in [0.2, 0.25) is 0 Å². The molecule has 1 aromatic carbocycles. The van der Waals surface area contributed by atoms with E-state index in [0.29, 0.717) is 0 Å². The quantitative estimate of drug-likeness (QED) is 0.230. The Bertz CT molecular complexity index is 1180. The summed E-state index contributed by atoms with van der Waals surface area (Å²) in [6, 6.07) is 5.58. The Balaban J connectivity index is 1.77. The SMILES string of the molecule is O=c1cc2oc(-c3cc(O)c(O)c(O)c3)c(COC3OC(O)C(O)C(O)C3O)cc-2c(O)c1. The van der Waals surface area contributed by atoms with Crippen LogP contribution < -0.4 is 5.43 Å². The minimum atomic E-state index is -1.83. The Kier molecular flexibility index (Phi) is 5.88. The minimum absolute atomic E-state index is 0.0336. The van der Waals surface area contributed by atoms with Crippen LogP contribution in [0.5, 0.6) is 23.0 Å². The van der Waals surface area contributed by atoms with Gasteiger partial charge >= 0.3 is 0 Å². The van der Waals surface area contributed by atoms with Crippen LogP contribution in [0.4, 0.5) is 0 Å². The number of aliphatic hydroxyl groups is 4. The topological polar surface area (TPSA) is 211 Å². The van der Waals surface area contributed by atoms with Gasteiger partial charge in [0.25, 0.3) is 0 Å². The molecule has 4 rings (SSSR count). The molecule has 0 bridgehead atoms. The largest absolute Gasteiger partial charge is 0.507 e. The average Bonchev–Trinajstić information content (AvgIpc) is 2.76. The number of benzene rings is 2. The number of fused-ring (bicyclic) bond motifs is 1. The lowest BCUT2D eigenvalue weighted by atomic mass is 10.0. The predicted molar refractivity (Wildman–Crippen MR) is 107 cm³/mol. The lowest BCUT2D eigenvalue weighted by Gasteiger charge is -2.37. The maximum atomic E-state index is 11.8. The van der Waals surface area contributed by atoms with Crippen LogP contribution in [0.2, 0.25) is 0 Å². The molecule has 33 heavy (non-hydrogen) atoms. The first kappa shape index (κ1) is 22.8. The van der Waals surface area contributed by atoms with Crippen molar-refractivity contribution < 1.29 is 54.7 Å². The number of aromatic hydroxyl groups is 4. The highest BCUT2D eigenvalue weighted by molar-refractivity contribution is 5.75. The van der Waals surface area contributed by atoms with Crippen LogP contribution in [-0.4, -0.2) is 71.7 Å². The third-order valence-electron chi connectivity index (χ3n) is 5.20. The van der Waals surface area contributed by atoms with Gasteiger partial charge in [-0.25, -0.2) is 0 Å². The van der Waals surface area contributed by atoms with E-state index in [4.69, 9.17) is 13.9 Å². The number of phenolic OH excluding ortho intramolecular Hbond substituents is 4. The molecule has 0 spiro atoms. The molecule has 0 aromatic heterocycles. The van der Waals surface area contributed by atoms with Crippen molar-refractivity contribution in [1.29, 1.82) is 0 Å². The average molecular weight is 464 g/mol. The van der Waals surface area contributed by atoms with Crippen molar-refractivity contribution in [3.05, 3.63) is 46.1 Å². The molecule has 5 unspecified atom stereocenters. The van der Waals surface area contributed by atoms with Crippen molar-refractivity contribution in [3.63, 3.8) is 0 Å². The van der Waals surface area contributed by atoms with Crippen LogP contribution in [-0.2, 0) is 16.1 Å². The number of rotatable bonds is 4. The predicted octanol–water partition coefficient (Wildman–Crippen LogP) is -0.492. The van der Waals surface area contributed by atoms with Crippen LogP contribution in [0.25, 0.3) is 22.6 Å². The molecule has 1 fully saturated rings. The van der Waals surface area contributed by atoms with Crippen LogP contribution in [0.1, 0.15) is 5.56 Å². The lowest BCUT2D eigenvalue weighted by Crippen LogP contribution is -2.58.